The van der Waals surface area contributed by atoms with Crippen LogP contribution >= 0.6 is 0 Å². The largest absolute Gasteiger partial charge is 0.496 e. The van der Waals surface area contributed by atoms with Gasteiger partial charge in [-0.15, -0.1) is 0 Å². The highest BCUT2D eigenvalue weighted by atomic mass is 16.5. The first kappa shape index (κ1) is 6.97. The van der Waals surface area contributed by atoms with Crippen LogP contribution in [-0.4, -0.2) is 12.3 Å². The van der Waals surface area contributed by atoms with Gasteiger partial charge >= 0.3 is 5.63 Å². The maximum atomic E-state index is 11.1. The molecular weight excluding hydrogens is 158 g/mol. The van der Waals surface area contributed by atoms with E-state index < -0.39 is 5.63 Å². The number of rotatable bonds is 1. The van der Waals surface area contributed by atoms with Crippen LogP contribution in [0.5, 0.6) is 5.75 Å². The first-order valence-corrected chi connectivity index (χ1v) is 3.47. The van der Waals surface area contributed by atoms with Crippen LogP contribution in [0.2, 0.25) is 0 Å². The van der Waals surface area contributed by atoms with Crippen molar-refractivity contribution in [3.05, 3.63) is 28.6 Å². The van der Waals surface area contributed by atoms with E-state index in [0.29, 0.717) is 16.7 Å². The molecule has 0 saturated carbocycles. The van der Waals surface area contributed by atoms with Gasteiger partial charge in [0.25, 0.3) is 0 Å². The SMILES string of the molecule is COc1cccc2[nH]oc(=O)c12. The van der Waals surface area contributed by atoms with Crippen molar-refractivity contribution in [2.24, 2.45) is 0 Å². The van der Waals surface area contributed by atoms with E-state index in [1.54, 1.807) is 18.2 Å². The minimum absolute atomic E-state index is 0.401. The van der Waals surface area contributed by atoms with Gasteiger partial charge in [-0.1, -0.05) is 6.07 Å². The molecule has 1 N–H and O–H groups in total. The number of hydrogen-bond donors (Lipinski definition) is 1. The van der Waals surface area contributed by atoms with Crippen molar-refractivity contribution in [1.29, 1.82) is 0 Å². The van der Waals surface area contributed by atoms with Crippen molar-refractivity contribution in [1.82, 2.24) is 5.16 Å². The van der Waals surface area contributed by atoms with E-state index in [-0.39, 0.29) is 0 Å². The zero-order chi connectivity index (χ0) is 8.55. The Balaban J connectivity index is 2.93. The highest BCUT2D eigenvalue weighted by Crippen LogP contribution is 2.19. The fourth-order valence-corrected chi connectivity index (χ4v) is 1.15. The zero-order valence-corrected chi connectivity index (χ0v) is 6.46. The van der Waals surface area contributed by atoms with Gasteiger partial charge in [0.1, 0.15) is 11.1 Å². The monoisotopic (exact) mass is 165 g/mol. The van der Waals surface area contributed by atoms with Crippen molar-refractivity contribution in [3.63, 3.8) is 0 Å². The summed E-state index contributed by atoms with van der Waals surface area (Å²) in [7, 11) is 1.52. The molecule has 4 nitrogen and oxygen atoms in total. The average Bonchev–Trinajstić information content (AvgIpc) is 2.48. The molecule has 0 amide bonds. The summed E-state index contributed by atoms with van der Waals surface area (Å²) in [4.78, 5) is 11.1. The zero-order valence-electron chi connectivity index (χ0n) is 6.46. The van der Waals surface area contributed by atoms with Crippen LogP contribution in [0, 0.1) is 0 Å². The summed E-state index contributed by atoms with van der Waals surface area (Å²) < 4.78 is 9.58. The Morgan fingerprint density at radius 2 is 2.33 bits per heavy atom. The lowest BCUT2D eigenvalue weighted by molar-refractivity contribution is 0.396. The van der Waals surface area contributed by atoms with E-state index in [1.165, 1.54) is 7.11 Å². The molecule has 1 heterocycles. The number of benzene rings is 1. The molecule has 2 rings (SSSR count). The van der Waals surface area contributed by atoms with Crippen LogP contribution in [-0.2, 0) is 0 Å². The maximum Gasteiger partial charge on any atom is 0.368 e. The summed E-state index contributed by atoms with van der Waals surface area (Å²) in [5, 5.41) is 2.95. The number of aromatic nitrogens is 1. The van der Waals surface area contributed by atoms with Crippen LogP contribution in [0.4, 0.5) is 0 Å². The number of aromatic amines is 1. The Morgan fingerprint density at radius 3 is 3.08 bits per heavy atom. The van der Waals surface area contributed by atoms with Gasteiger partial charge < -0.3 is 9.26 Å². The average molecular weight is 165 g/mol. The van der Waals surface area contributed by atoms with E-state index in [2.05, 4.69) is 9.68 Å². The molecule has 0 spiro atoms. The summed E-state index contributed by atoms with van der Waals surface area (Å²) in [6.45, 7) is 0. The second-order valence-corrected chi connectivity index (χ2v) is 2.37. The second-order valence-electron chi connectivity index (χ2n) is 2.37. The molecule has 2 aromatic rings. The van der Waals surface area contributed by atoms with Gasteiger partial charge in [-0.25, -0.2) is 9.95 Å². The minimum atomic E-state index is -0.401. The summed E-state index contributed by atoms with van der Waals surface area (Å²) >= 11 is 0. The molecule has 0 atom stereocenters. The van der Waals surface area contributed by atoms with E-state index in [9.17, 15) is 4.79 Å². The standard InChI is InChI=1S/C8H7NO3/c1-11-6-4-2-3-5-7(6)8(10)12-9-5/h2-4,9H,1H3. The Hall–Kier alpha value is -1.71. The molecule has 12 heavy (non-hydrogen) atoms. The number of ether oxygens (including phenoxy) is 1. The smallest absolute Gasteiger partial charge is 0.368 e. The Kier molecular flexibility index (Phi) is 1.40. The third-order valence-corrected chi connectivity index (χ3v) is 1.70. The number of nitrogens with one attached hydrogen (secondary N) is 1. The van der Waals surface area contributed by atoms with E-state index in [1.807, 2.05) is 0 Å². The van der Waals surface area contributed by atoms with E-state index in [0.717, 1.165) is 0 Å². The van der Waals surface area contributed by atoms with Crippen molar-refractivity contribution in [3.8, 4) is 5.75 Å². The quantitative estimate of drug-likeness (QED) is 0.689. The summed E-state index contributed by atoms with van der Waals surface area (Å²) in [6, 6.07) is 5.25. The Morgan fingerprint density at radius 1 is 1.50 bits per heavy atom. The molecule has 0 aliphatic rings. The predicted molar refractivity (Wildman–Crippen MR) is 43.4 cm³/mol. The van der Waals surface area contributed by atoms with Gasteiger partial charge in [0.05, 0.1) is 12.6 Å². The minimum Gasteiger partial charge on any atom is -0.496 e. The summed E-state index contributed by atoms with van der Waals surface area (Å²) in [6.07, 6.45) is 0. The predicted octanol–water partition coefficient (Wildman–Crippen LogP) is 1.13. The van der Waals surface area contributed by atoms with Crippen molar-refractivity contribution in [2.45, 2.75) is 0 Å². The molecule has 0 aliphatic heterocycles. The molecule has 0 unspecified atom stereocenters. The fourth-order valence-electron chi connectivity index (χ4n) is 1.15. The van der Waals surface area contributed by atoms with E-state index in [4.69, 9.17) is 4.74 Å². The van der Waals surface area contributed by atoms with Crippen molar-refractivity contribution in [2.75, 3.05) is 7.11 Å². The normalized spacial score (nSPS) is 10.4. The maximum absolute atomic E-state index is 11.1. The molecule has 4 heteroatoms. The molecule has 0 saturated heterocycles. The molecule has 1 aromatic heterocycles. The highest BCUT2D eigenvalue weighted by molar-refractivity contribution is 5.83. The van der Waals surface area contributed by atoms with Crippen LogP contribution in [0.1, 0.15) is 0 Å². The van der Waals surface area contributed by atoms with Crippen LogP contribution in [0.15, 0.2) is 27.5 Å². The van der Waals surface area contributed by atoms with Crippen molar-refractivity contribution < 1.29 is 9.26 Å². The Labute approximate surface area is 67.7 Å². The topological polar surface area (TPSA) is 55.2 Å². The van der Waals surface area contributed by atoms with Crippen LogP contribution in [0.3, 0.4) is 0 Å². The van der Waals surface area contributed by atoms with E-state index >= 15 is 0 Å². The van der Waals surface area contributed by atoms with Gasteiger partial charge in [0, 0.05) is 0 Å². The molecule has 0 bridgehead atoms. The third-order valence-electron chi connectivity index (χ3n) is 1.70. The molecule has 62 valence electrons. The van der Waals surface area contributed by atoms with Crippen LogP contribution < -0.4 is 10.4 Å². The van der Waals surface area contributed by atoms with Gasteiger partial charge in [0.15, 0.2) is 0 Å². The summed E-state index contributed by atoms with van der Waals surface area (Å²) in [5.74, 6) is 0.530. The molecule has 0 radical (unpaired) electrons. The number of fused-ring (bicyclic) bond motifs is 1. The first-order valence-electron chi connectivity index (χ1n) is 3.47. The van der Waals surface area contributed by atoms with Crippen molar-refractivity contribution >= 4 is 10.9 Å². The van der Waals surface area contributed by atoms with Gasteiger partial charge in [-0.2, -0.15) is 0 Å². The summed E-state index contributed by atoms with van der Waals surface area (Å²) in [5.41, 5.74) is 0.252. The van der Waals surface area contributed by atoms with Gasteiger partial charge in [0.2, 0.25) is 0 Å². The third kappa shape index (κ3) is 0.812. The number of hydrogen-bond acceptors (Lipinski definition) is 3. The molecular formula is C8H7NO3. The fraction of sp³-hybridized carbons (Fsp3) is 0.125. The molecule has 1 aromatic carbocycles. The molecule has 0 fully saturated rings. The molecule has 0 aliphatic carbocycles. The lowest BCUT2D eigenvalue weighted by Gasteiger charge is -1.96. The van der Waals surface area contributed by atoms with Gasteiger partial charge in [-0.3, -0.25) is 0 Å². The lowest BCUT2D eigenvalue weighted by Crippen LogP contribution is -1.94. The second kappa shape index (κ2) is 2.41. The first-order chi connectivity index (χ1) is 5.83. The Bertz CT molecular complexity index is 455. The number of methoxy groups -OCH3 is 1. The van der Waals surface area contributed by atoms with Crippen LogP contribution in [0.25, 0.3) is 10.9 Å². The highest BCUT2D eigenvalue weighted by Gasteiger charge is 2.07. The lowest BCUT2D eigenvalue weighted by atomic mass is 10.2. The van der Waals surface area contributed by atoms with Gasteiger partial charge in [-0.05, 0) is 12.1 Å². The number of H-pyrrole nitrogens is 1.